The number of amides is 1. The van der Waals surface area contributed by atoms with Crippen molar-refractivity contribution in [2.24, 2.45) is 0 Å². The molecule has 2 aromatic heterocycles. The number of para-hydroxylation sites is 1. The molecular weight excluding hydrogens is 434 g/mol. The lowest BCUT2D eigenvalue weighted by Gasteiger charge is -2.19. The van der Waals surface area contributed by atoms with Crippen LogP contribution in [0.4, 0.5) is 0 Å². The molecule has 0 saturated carbocycles. The van der Waals surface area contributed by atoms with Crippen LogP contribution in [0.15, 0.2) is 58.5 Å². The maximum atomic E-state index is 13.3. The Morgan fingerprint density at radius 3 is 2.45 bits per heavy atom. The number of nitrogens with zero attached hydrogens (tertiary/aromatic N) is 5. The van der Waals surface area contributed by atoms with Crippen LogP contribution in [0.2, 0.25) is 0 Å². The van der Waals surface area contributed by atoms with Gasteiger partial charge in [-0.1, -0.05) is 66.6 Å². The van der Waals surface area contributed by atoms with Gasteiger partial charge in [-0.25, -0.2) is 0 Å². The van der Waals surface area contributed by atoms with Crippen LogP contribution in [0.5, 0.6) is 0 Å². The summed E-state index contributed by atoms with van der Waals surface area (Å²) < 4.78 is 3.58. The van der Waals surface area contributed by atoms with E-state index in [1.54, 1.807) is 4.57 Å². The normalized spacial score (nSPS) is 14.6. The number of carbonyl (C=O) groups is 1. The number of aryl methyl sites for hydroxylation is 1. The molecule has 0 N–H and O–H groups in total. The maximum Gasteiger partial charge on any atom is 0.263 e. The highest BCUT2D eigenvalue weighted by Crippen LogP contribution is 2.23. The lowest BCUT2D eigenvalue weighted by molar-refractivity contribution is -0.128. The smallest absolute Gasteiger partial charge is 0.263 e. The molecule has 3 heterocycles. The largest absolute Gasteiger partial charge is 0.342 e. The molecule has 0 bridgehead atoms. The molecule has 0 unspecified atom stereocenters. The van der Waals surface area contributed by atoms with E-state index in [2.05, 4.69) is 10.2 Å². The van der Waals surface area contributed by atoms with Crippen LogP contribution in [0.3, 0.4) is 0 Å². The zero-order valence-corrected chi connectivity index (χ0v) is 19.6. The molecule has 5 rings (SSSR count). The molecule has 0 aliphatic carbocycles. The van der Waals surface area contributed by atoms with Gasteiger partial charge in [-0.05, 0) is 37.5 Å². The summed E-state index contributed by atoms with van der Waals surface area (Å²) in [6.07, 6.45) is 4.52. The molecule has 7 nitrogen and oxygen atoms in total. The Hall–Kier alpha value is -3.13. The number of likely N-dealkylation sites (tertiary alicyclic amines) is 1. The molecule has 1 saturated heterocycles. The first-order valence-electron chi connectivity index (χ1n) is 11.4. The average molecular weight is 462 g/mol. The molecule has 170 valence electrons. The highest BCUT2D eigenvalue weighted by molar-refractivity contribution is 7.99. The molecule has 1 fully saturated rings. The summed E-state index contributed by atoms with van der Waals surface area (Å²) >= 11 is 1.39. The highest BCUT2D eigenvalue weighted by Gasteiger charge is 2.20. The number of aromatic nitrogens is 4. The predicted molar refractivity (Wildman–Crippen MR) is 131 cm³/mol. The third-order valence-corrected chi connectivity index (χ3v) is 7.14. The van der Waals surface area contributed by atoms with E-state index < -0.39 is 0 Å². The van der Waals surface area contributed by atoms with E-state index in [4.69, 9.17) is 0 Å². The molecule has 0 spiro atoms. The Morgan fingerprint density at radius 1 is 0.970 bits per heavy atom. The Bertz CT molecular complexity index is 1350. The van der Waals surface area contributed by atoms with Crippen LogP contribution in [0, 0.1) is 6.92 Å². The van der Waals surface area contributed by atoms with Crippen molar-refractivity contribution in [1.29, 1.82) is 0 Å². The van der Waals surface area contributed by atoms with Crippen molar-refractivity contribution < 1.29 is 4.79 Å². The van der Waals surface area contributed by atoms with Gasteiger partial charge in [-0.3, -0.25) is 18.6 Å². The molecule has 2 aromatic carbocycles. The fraction of sp³-hybridized carbons (Fsp3) is 0.360. The summed E-state index contributed by atoms with van der Waals surface area (Å²) in [6.45, 7) is 4.11. The van der Waals surface area contributed by atoms with Crippen LogP contribution in [0.1, 0.15) is 36.8 Å². The molecular formula is C25H27N5O2S. The second-order valence-electron chi connectivity index (χ2n) is 8.60. The number of fused-ring (bicyclic) bond motifs is 3. The zero-order chi connectivity index (χ0) is 22.8. The Labute approximate surface area is 196 Å². The number of carbonyl (C=O) groups excluding carboxylic acids is 1. The van der Waals surface area contributed by atoms with Crippen molar-refractivity contribution in [3.05, 3.63) is 70.0 Å². The van der Waals surface area contributed by atoms with Crippen molar-refractivity contribution in [3.8, 4) is 0 Å². The minimum atomic E-state index is -0.0942. The number of thioether (sulfide) groups is 1. The van der Waals surface area contributed by atoms with Gasteiger partial charge in [0, 0.05) is 13.1 Å². The van der Waals surface area contributed by atoms with Gasteiger partial charge in [0.15, 0.2) is 5.16 Å². The second kappa shape index (κ2) is 9.39. The van der Waals surface area contributed by atoms with Gasteiger partial charge in [0.2, 0.25) is 11.7 Å². The van der Waals surface area contributed by atoms with E-state index in [0.29, 0.717) is 28.6 Å². The number of hydrogen-bond donors (Lipinski definition) is 0. The molecule has 33 heavy (non-hydrogen) atoms. The van der Waals surface area contributed by atoms with Crippen LogP contribution in [0.25, 0.3) is 16.7 Å². The van der Waals surface area contributed by atoms with Gasteiger partial charge in [0.25, 0.3) is 5.56 Å². The third kappa shape index (κ3) is 4.39. The lowest BCUT2D eigenvalue weighted by atomic mass is 10.1. The summed E-state index contributed by atoms with van der Waals surface area (Å²) in [5.74, 6) is 0.937. The molecule has 0 radical (unpaired) electrons. The first-order valence-corrected chi connectivity index (χ1v) is 12.4. The summed E-state index contributed by atoms with van der Waals surface area (Å²) in [4.78, 5) is 28.1. The monoisotopic (exact) mass is 461 g/mol. The van der Waals surface area contributed by atoms with E-state index in [1.165, 1.54) is 30.2 Å². The van der Waals surface area contributed by atoms with Crippen molar-refractivity contribution in [2.75, 3.05) is 18.8 Å². The van der Waals surface area contributed by atoms with Crippen molar-refractivity contribution in [2.45, 2.75) is 44.3 Å². The minimum Gasteiger partial charge on any atom is -0.342 e. The molecule has 1 aliphatic heterocycles. The van der Waals surface area contributed by atoms with Crippen LogP contribution >= 0.6 is 11.8 Å². The number of hydrogen-bond acceptors (Lipinski definition) is 5. The minimum absolute atomic E-state index is 0.0942. The maximum absolute atomic E-state index is 13.3. The van der Waals surface area contributed by atoms with E-state index >= 15 is 0 Å². The van der Waals surface area contributed by atoms with Crippen LogP contribution < -0.4 is 5.56 Å². The van der Waals surface area contributed by atoms with Crippen LogP contribution in [-0.2, 0) is 11.3 Å². The van der Waals surface area contributed by atoms with Gasteiger partial charge in [-0.15, -0.1) is 10.2 Å². The molecule has 8 heteroatoms. The molecule has 1 amide bonds. The van der Waals surface area contributed by atoms with Gasteiger partial charge in [0.05, 0.1) is 23.2 Å². The molecule has 4 aromatic rings. The van der Waals surface area contributed by atoms with Gasteiger partial charge in [-0.2, -0.15) is 0 Å². The standard InChI is InChI=1S/C25H27N5O2S/c1-18-10-12-19(13-11-18)16-29-23(32)20-8-4-5-9-21(20)30-24(29)26-27-25(30)33-17-22(31)28-14-6-2-3-7-15-28/h4-5,8-13H,2-3,6-7,14-17H2,1H3. The van der Waals surface area contributed by atoms with E-state index in [1.807, 2.05) is 64.8 Å². The van der Waals surface area contributed by atoms with E-state index in [9.17, 15) is 9.59 Å². The molecule has 1 aliphatic rings. The first-order chi connectivity index (χ1) is 16.1. The van der Waals surface area contributed by atoms with Gasteiger partial charge < -0.3 is 4.90 Å². The van der Waals surface area contributed by atoms with Crippen molar-refractivity contribution >= 4 is 34.3 Å². The summed E-state index contributed by atoms with van der Waals surface area (Å²) in [5.41, 5.74) is 2.86. The number of rotatable bonds is 5. The first kappa shape index (κ1) is 21.7. The zero-order valence-electron chi connectivity index (χ0n) is 18.7. The van der Waals surface area contributed by atoms with Crippen molar-refractivity contribution in [3.63, 3.8) is 0 Å². The second-order valence-corrected chi connectivity index (χ2v) is 9.54. The fourth-order valence-corrected chi connectivity index (χ4v) is 5.23. The molecule has 0 atom stereocenters. The number of benzene rings is 2. The average Bonchev–Trinajstić information content (AvgIpc) is 3.06. The quantitative estimate of drug-likeness (QED) is 0.422. The van der Waals surface area contributed by atoms with E-state index in [0.717, 1.165) is 37.0 Å². The third-order valence-electron chi connectivity index (χ3n) is 6.22. The SMILES string of the molecule is Cc1ccc(Cn2c(=O)c3ccccc3n3c(SCC(=O)N4CCCCCC4)nnc23)cc1. The topological polar surface area (TPSA) is 72.5 Å². The van der Waals surface area contributed by atoms with Crippen molar-refractivity contribution in [1.82, 2.24) is 24.1 Å². The fourth-order valence-electron chi connectivity index (χ4n) is 4.38. The highest BCUT2D eigenvalue weighted by atomic mass is 32.2. The van der Waals surface area contributed by atoms with Gasteiger partial charge >= 0.3 is 0 Å². The summed E-state index contributed by atoms with van der Waals surface area (Å²) in [7, 11) is 0. The summed E-state index contributed by atoms with van der Waals surface area (Å²) in [5, 5.41) is 10.00. The van der Waals surface area contributed by atoms with E-state index in [-0.39, 0.29) is 11.5 Å². The lowest BCUT2D eigenvalue weighted by Crippen LogP contribution is -2.33. The Balaban J connectivity index is 1.51. The van der Waals surface area contributed by atoms with Gasteiger partial charge in [0.1, 0.15) is 0 Å². The predicted octanol–water partition coefficient (Wildman–Crippen LogP) is 3.90. The Kier molecular flexibility index (Phi) is 6.17. The Morgan fingerprint density at radius 2 is 1.70 bits per heavy atom. The summed E-state index contributed by atoms with van der Waals surface area (Å²) in [6, 6.07) is 15.6. The van der Waals surface area contributed by atoms with Crippen LogP contribution in [-0.4, -0.2) is 48.8 Å².